The van der Waals surface area contributed by atoms with Crippen molar-refractivity contribution in [2.24, 2.45) is 0 Å². The van der Waals surface area contributed by atoms with Gasteiger partial charge in [-0.3, -0.25) is 9.48 Å². The molecule has 0 spiro atoms. The van der Waals surface area contributed by atoms with Crippen molar-refractivity contribution in [2.45, 2.75) is 39.3 Å². The Morgan fingerprint density at radius 3 is 2.74 bits per heavy atom. The van der Waals surface area contributed by atoms with E-state index in [1.165, 1.54) is 0 Å². The lowest BCUT2D eigenvalue weighted by molar-refractivity contribution is 0.0187. The Labute approximate surface area is 125 Å². The monoisotopic (exact) mass is 377 g/mol. The maximum absolute atomic E-state index is 12.3. The van der Waals surface area contributed by atoms with Gasteiger partial charge in [-0.1, -0.05) is 0 Å². The maximum atomic E-state index is 12.3. The van der Waals surface area contributed by atoms with E-state index < -0.39 is 11.7 Å². The molecule has 7 heteroatoms. The molecule has 0 fully saturated rings. The summed E-state index contributed by atoms with van der Waals surface area (Å²) in [6.07, 6.45) is 1.02. The Kier molecular flexibility index (Phi) is 3.59. The second-order valence-electron chi connectivity index (χ2n) is 5.53. The van der Waals surface area contributed by atoms with Crippen LogP contribution < -0.4 is 0 Å². The van der Waals surface area contributed by atoms with Crippen LogP contribution in [0.25, 0.3) is 0 Å². The van der Waals surface area contributed by atoms with E-state index in [9.17, 15) is 9.59 Å². The van der Waals surface area contributed by atoms with Crippen LogP contribution in [0.1, 0.15) is 44.2 Å². The standard InChI is InChI=1S/C12H16IN3O3/c1-7-6-15(11(18)19-12(2,3)4)10(17)9-8(13)5-14-16(7)9/h5,7H,6H2,1-4H3/t7-/m1/s1. The van der Waals surface area contributed by atoms with Crippen molar-refractivity contribution in [1.29, 1.82) is 0 Å². The smallest absolute Gasteiger partial charge is 0.417 e. The van der Waals surface area contributed by atoms with Crippen molar-refractivity contribution in [3.63, 3.8) is 0 Å². The summed E-state index contributed by atoms with van der Waals surface area (Å²) < 4.78 is 7.66. The number of aromatic nitrogens is 2. The lowest BCUT2D eigenvalue weighted by Gasteiger charge is -2.32. The zero-order valence-corrected chi connectivity index (χ0v) is 13.5. The van der Waals surface area contributed by atoms with Crippen molar-refractivity contribution < 1.29 is 14.3 Å². The molecule has 0 saturated carbocycles. The number of ether oxygens (including phenoxy) is 1. The van der Waals surface area contributed by atoms with Crippen LogP contribution in [0.5, 0.6) is 0 Å². The number of imide groups is 1. The molecule has 0 saturated heterocycles. The van der Waals surface area contributed by atoms with Gasteiger partial charge in [0.15, 0.2) is 0 Å². The molecule has 6 nitrogen and oxygen atoms in total. The number of nitrogens with zero attached hydrogens (tertiary/aromatic N) is 3. The van der Waals surface area contributed by atoms with Crippen LogP contribution in [0, 0.1) is 3.57 Å². The first-order chi connectivity index (χ1) is 8.70. The van der Waals surface area contributed by atoms with Crippen LogP contribution >= 0.6 is 22.6 Å². The molecule has 0 bridgehead atoms. The van der Waals surface area contributed by atoms with E-state index in [2.05, 4.69) is 5.10 Å². The molecule has 104 valence electrons. The quantitative estimate of drug-likeness (QED) is 0.652. The fraction of sp³-hybridized carbons (Fsp3) is 0.583. The van der Waals surface area contributed by atoms with Gasteiger partial charge in [0.25, 0.3) is 5.91 Å². The lowest BCUT2D eigenvalue weighted by atomic mass is 10.2. The Balaban J connectivity index is 2.29. The van der Waals surface area contributed by atoms with Gasteiger partial charge in [-0.05, 0) is 50.3 Å². The first kappa shape index (κ1) is 14.3. The van der Waals surface area contributed by atoms with Gasteiger partial charge in [0.2, 0.25) is 0 Å². The average Bonchev–Trinajstić information content (AvgIpc) is 2.64. The van der Waals surface area contributed by atoms with Gasteiger partial charge < -0.3 is 4.74 Å². The van der Waals surface area contributed by atoms with Crippen LogP contribution in [-0.4, -0.2) is 38.8 Å². The summed E-state index contributed by atoms with van der Waals surface area (Å²) in [4.78, 5) is 25.5. The molecule has 1 atom stereocenters. The Morgan fingerprint density at radius 2 is 2.16 bits per heavy atom. The third-order valence-electron chi connectivity index (χ3n) is 2.68. The number of rotatable bonds is 0. The molecule has 0 radical (unpaired) electrons. The number of fused-ring (bicyclic) bond motifs is 1. The molecule has 1 aliphatic rings. The van der Waals surface area contributed by atoms with E-state index in [0.717, 1.165) is 8.47 Å². The van der Waals surface area contributed by atoms with Crippen LogP contribution in [-0.2, 0) is 4.74 Å². The highest BCUT2D eigenvalue weighted by Gasteiger charge is 2.37. The Hall–Kier alpha value is -1.12. The zero-order chi connectivity index (χ0) is 14.4. The van der Waals surface area contributed by atoms with Crippen LogP contribution in [0.2, 0.25) is 0 Å². The number of carbonyl (C=O) groups is 2. The van der Waals surface area contributed by atoms with Crippen molar-refractivity contribution in [3.05, 3.63) is 15.5 Å². The highest BCUT2D eigenvalue weighted by Crippen LogP contribution is 2.25. The minimum atomic E-state index is -0.620. The highest BCUT2D eigenvalue weighted by molar-refractivity contribution is 14.1. The SMILES string of the molecule is C[C@@H]1CN(C(=O)OC(C)(C)C)C(=O)c2c(I)cnn21. The Morgan fingerprint density at radius 1 is 1.53 bits per heavy atom. The Bertz CT molecular complexity index is 533. The van der Waals surface area contributed by atoms with Gasteiger partial charge in [0.05, 0.1) is 22.4 Å². The van der Waals surface area contributed by atoms with Crippen molar-refractivity contribution >= 4 is 34.6 Å². The van der Waals surface area contributed by atoms with Gasteiger partial charge >= 0.3 is 6.09 Å². The topological polar surface area (TPSA) is 64.4 Å². The summed E-state index contributed by atoms with van der Waals surface area (Å²) in [6, 6.07) is -0.0521. The number of hydrogen-bond donors (Lipinski definition) is 0. The van der Waals surface area contributed by atoms with Gasteiger partial charge in [-0.15, -0.1) is 0 Å². The number of amides is 2. The number of carbonyl (C=O) groups excluding carboxylic acids is 2. The van der Waals surface area contributed by atoms with Crippen LogP contribution in [0.4, 0.5) is 4.79 Å². The molecule has 0 unspecified atom stereocenters. The van der Waals surface area contributed by atoms with E-state index in [4.69, 9.17) is 4.74 Å². The van der Waals surface area contributed by atoms with E-state index in [1.54, 1.807) is 31.6 Å². The number of hydrogen-bond acceptors (Lipinski definition) is 4. The molecule has 2 heterocycles. The van der Waals surface area contributed by atoms with Crippen molar-refractivity contribution in [2.75, 3.05) is 6.54 Å². The van der Waals surface area contributed by atoms with Crippen molar-refractivity contribution in [1.82, 2.24) is 14.7 Å². The second kappa shape index (κ2) is 4.77. The molecule has 0 aromatic carbocycles. The molecule has 0 N–H and O–H groups in total. The number of halogens is 1. The predicted molar refractivity (Wildman–Crippen MR) is 76.9 cm³/mol. The minimum Gasteiger partial charge on any atom is -0.443 e. The third-order valence-corrected chi connectivity index (χ3v) is 3.47. The van der Waals surface area contributed by atoms with Gasteiger partial charge in [0, 0.05) is 0 Å². The zero-order valence-electron chi connectivity index (χ0n) is 11.3. The first-order valence-electron chi connectivity index (χ1n) is 5.98. The van der Waals surface area contributed by atoms with Crippen molar-refractivity contribution in [3.8, 4) is 0 Å². The van der Waals surface area contributed by atoms with E-state index in [1.807, 2.05) is 29.5 Å². The lowest BCUT2D eigenvalue weighted by Crippen LogP contribution is -2.48. The van der Waals surface area contributed by atoms with Gasteiger partial charge in [-0.25, -0.2) is 9.69 Å². The third kappa shape index (κ3) is 2.75. The predicted octanol–water partition coefficient (Wildman–Crippen LogP) is 2.44. The second-order valence-corrected chi connectivity index (χ2v) is 6.69. The molecule has 2 amide bonds. The molecular formula is C12H16IN3O3. The fourth-order valence-electron chi connectivity index (χ4n) is 1.90. The fourth-order valence-corrected chi connectivity index (χ4v) is 2.50. The minimum absolute atomic E-state index is 0.0521. The summed E-state index contributed by atoms with van der Waals surface area (Å²) in [6.45, 7) is 7.51. The van der Waals surface area contributed by atoms with E-state index in [-0.39, 0.29) is 18.5 Å². The molecule has 1 aliphatic heterocycles. The molecule has 2 rings (SSSR count). The van der Waals surface area contributed by atoms with E-state index in [0.29, 0.717) is 5.69 Å². The largest absolute Gasteiger partial charge is 0.443 e. The normalized spacial score (nSPS) is 19.3. The summed E-state index contributed by atoms with van der Waals surface area (Å²) in [5.74, 6) is -0.353. The summed E-state index contributed by atoms with van der Waals surface area (Å²) >= 11 is 2.04. The van der Waals surface area contributed by atoms with E-state index >= 15 is 0 Å². The molecule has 1 aromatic rings. The maximum Gasteiger partial charge on any atom is 0.417 e. The van der Waals surface area contributed by atoms with Crippen LogP contribution in [0.3, 0.4) is 0 Å². The van der Waals surface area contributed by atoms with Gasteiger partial charge in [-0.2, -0.15) is 5.10 Å². The summed E-state index contributed by atoms with van der Waals surface area (Å²) in [5.41, 5.74) is -0.170. The first-order valence-corrected chi connectivity index (χ1v) is 7.06. The molecule has 19 heavy (non-hydrogen) atoms. The van der Waals surface area contributed by atoms with Gasteiger partial charge in [0.1, 0.15) is 11.3 Å². The summed E-state index contributed by atoms with van der Waals surface area (Å²) in [7, 11) is 0. The molecular weight excluding hydrogens is 361 g/mol. The summed E-state index contributed by atoms with van der Waals surface area (Å²) in [5, 5.41) is 4.17. The molecule has 1 aromatic heterocycles. The van der Waals surface area contributed by atoms with Crippen LogP contribution in [0.15, 0.2) is 6.20 Å². The molecule has 0 aliphatic carbocycles. The highest BCUT2D eigenvalue weighted by atomic mass is 127. The average molecular weight is 377 g/mol.